The lowest BCUT2D eigenvalue weighted by Gasteiger charge is -2.38. The van der Waals surface area contributed by atoms with Gasteiger partial charge in [0.05, 0.1) is 0 Å². The molecule has 0 spiro atoms. The first-order valence-corrected chi connectivity index (χ1v) is 7.49. The number of ether oxygens (including phenoxy) is 2. The van der Waals surface area contributed by atoms with Crippen LogP contribution in [0.1, 0.15) is 18.4 Å². The van der Waals surface area contributed by atoms with Gasteiger partial charge in [0.15, 0.2) is 0 Å². The maximum Gasteiger partial charge on any atom is 0.220 e. The summed E-state index contributed by atoms with van der Waals surface area (Å²) in [6.07, 6.45) is 1.73. The van der Waals surface area contributed by atoms with E-state index in [1.165, 1.54) is 0 Å². The van der Waals surface area contributed by atoms with Crippen LogP contribution in [0.5, 0.6) is 0 Å². The van der Waals surface area contributed by atoms with Crippen molar-refractivity contribution in [3.05, 3.63) is 35.9 Å². The Balaban J connectivity index is 3.04. The van der Waals surface area contributed by atoms with Crippen molar-refractivity contribution in [1.29, 1.82) is 0 Å². The highest BCUT2D eigenvalue weighted by molar-refractivity contribution is 7.80. The monoisotopic (exact) mass is 286 g/mol. The lowest BCUT2D eigenvalue weighted by atomic mass is 9.96. The molecule has 1 atom stereocenters. The zero-order chi connectivity index (χ0) is 13.4. The Morgan fingerprint density at radius 2 is 1.83 bits per heavy atom. The van der Waals surface area contributed by atoms with Crippen LogP contribution in [0.25, 0.3) is 0 Å². The summed E-state index contributed by atoms with van der Waals surface area (Å²) in [4.78, 5) is 0. The van der Waals surface area contributed by atoms with Gasteiger partial charge in [-0.25, -0.2) is 0 Å². The van der Waals surface area contributed by atoms with Crippen molar-refractivity contribution in [2.24, 2.45) is 0 Å². The molecule has 102 valence electrons. The predicted molar refractivity (Wildman–Crippen MR) is 80.0 cm³/mol. The van der Waals surface area contributed by atoms with Gasteiger partial charge in [-0.2, -0.15) is 12.6 Å². The van der Waals surface area contributed by atoms with Gasteiger partial charge in [-0.1, -0.05) is 30.3 Å². The van der Waals surface area contributed by atoms with E-state index in [2.05, 4.69) is 12.6 Å². The predicted octanol–water partition coefficient (Wildman–Crippen LogP) is 1.51. The summed E-state index contributed by atoms with van der Waals surface area (Å²) in [5.41, 5.74) is 0.981. The Labute approximate surface area is 118 Å². The first-order valence-electron chi connectivity index (χ1n) is 6.04. The average Bonchev–Trinajstić information content (AvgIpc) is 2.45. The molecule has 0 saturated carbocycles. The average molecular weight is 286 g/mol. The third-order valence-electron chi connectivity index (χ3n) is 3.12. The Bertz CT molecular complexity index is 330. The van der Waals surface area contributed by atoms with Gasteiger partial charge in [-0.05, 0) is 18.6 Å². The van der Waals surface area contributed by atoms with Crippen molar-refractivity contribution in [2.75, 3.05) is 20.0 Å². The highest BCUT2D eigenvalue weighted by Gasteiger charge is 2.40. The number of thiol groups is 1. The minimum atomic E-state index is -0.827. The van der Waals surface area contributed by atoms with Gasteiger partial charge in [0, 0.05) is 19.8 Å². The molecule has 0 aliphatic heterocycles. The third-order valence-corrected chi connectivity index (χ3v) is 4.00. The molecule has 0 radical (unpaired) electrons. The lowest BCUT2D eigenvalue weighted by Crippen LogP contribution is -2.44. The minimum absolute atomic E-state index is 0.103. The van der Waals surface area contributed by atoms with E-state index in [4.69, 9.17) is 13.9 Å². The number of rotatable bonds is 8. The van der Waals surface area contributed by atoms with Gasteiger partial charge in [-0.15, -0.1) is 0 Å². The first-order chi connectivity index (χ1) is 8.75. The van der Waals surface area contributed by atoms with Crippen LogP contribution >= 0.6 is 12.6 Å². The molecule has 1 unspecified atom stereocenters. The molecule has 0 aromatic heterocycles. The summed E-state index contributed by atoms with van der Waals surface area (Å²) in [7, 11) is 3.96. The summed E-state index contributed by atoms with van der Waals surface area (Å²) >= 11 is 4.25. The molecular weight excluding hydrogens is 264 g/mol. The number of benzene rings is 1. The molecule has 1 aromatic rings. The second kappa shape index (κ2) is 7.96. The maximum atomic E-state index is 5.71. The normalized spacial score (nSPS) is 13.7. The van der Waals surface area contributed by atoms with Gasteiger partial charge in [0.2, 0.25) is 5.79 Å². The number of hydrogen-bond acceptors (Lipinski definition) is 4. The van der Waals surface area contributed by atoms with E-state index in [1.54, 1.807) is 14.2 Å². The van der Waals surface area contributed by atoms with E-state index in [1.807, 2.05) is 30.3 Å². The van der Waals surface area contributed by atoms with Crippen molar-refractivity contribution in [3.63, 3.8) is 0 Å². The SMILES string of the molecule is COC(OC)(c1ccccc1)C(CCCS)O[SiH3]. The van der Waals surface area contributed by atoms with Crippen molar-refractivity contribution in [2.45, 2.75) is 24.7 Å². The van der Waals surface area contributed by atoms with Gasteiger partial charge < -0.3 is 13.9 Å². The summed E-state index contributed by atoms with van der Waals surface area (Å²) in [5.74, 6) is 0.00563. The van der Waals surface area contributed by atoms with Crippen molar-refractivity contribution in [3.8, 4) is 0 Å². The largest absolute Gasteiger partial charge is 0.419 e. The molecule has 0 aliphatic rings. The van der Waals surface area contributed by atoms with Crippen molar-refractivity contribution < 1.29 is 13.9 Å². The fourth-order valence-electron chi connectivity index (χ4n) is 2.18. The fourth-order valence-corrected chi connectivity index (χ4v) is 2.91. The van der Waals surface area contributed by atoms with Crippen LogP contribution in [0.4, 0.5) is 0 Å². The second-order valence-electron chi connectivity index (χ2n) is 4.03. The van der Waals surface area contributed by atoms with Gasteiger partial charge in [-0.3, -0.25) is 0 Å². The van der Waals surface area contributed by atoms with E-state index in [-0.39, 0.29) is 6.10 Å². The molecule has 1 rings (SSSR count). The zero-order valence-electron chi connectivity index (χ0n) is 11.3. The third kappa shape index (κ3) is 3.36. The minimum Gasteiger partial charge on any atom is -0.419 e. The van der Waals surface area contributed by atoms with Crippen LogP contribution in [0.15, 0.2) is 30.3 Å². The molecule has 0 amide bonds. The second-order valence-corrected chi connectivity index (χ2v) is 4.95. The van der Waals surface area contributed by atoms with E-state index in [0.29, 0.717) is 10.5 Å². The topological polar surface area (TPSA) is 27.7 Å². The van der Waals surface area contributed by atoms with Crippen LogP contribution in [-0.2, 0) is 19.7 Å². The Morgan fingerprint density at radius 1 is 1.22 bits per heavy atom. The van der Waals surface area contributed by atoms with Crippen molar-refractivity contribution >= 4 is 23.1 Å². The van der Waals surface area contributed by atoms with Crippen molar-refractivity contribution in [1.82, 2.24) is 0 Å². The smallest absolute Gasteiger partial charge is 0.220 e. The standard InChI is InChI=1S/C13H22O3SSi/c1-14-13(15-2,11-7-4-3-5-8-11)12(16-18)9-6-10-17/h3-5,7-8,12,17H,6,9-10H2,1-2,18H3. The Kier molecular flexibility index (Phi) is 6.96. The van der Waals surface area contributed by atoms with Crippen LogP contribution in [0, 0.1) is 0 Å². The summed E-state index contributed by atoms with van der Waals surface area (Å²) in [6, 6.07) is 9.93. The van der Waals surface area contributed by atoms with Gasteiger partial charge in [0.1, 0.15) is 16.6 Å². The molecule has 0 aliphatic carbocycles. The summed E-state index contributed by atoms with van der Waals surface area (Å²) < 4.78 is 17.1. The maximum absolute atomic E-state index is 5.71. The quantitative estimate of drug-likeness (QED) is 0.446. The van der Waals surface area contributed by atoms with Crippen LogP contribution in [0.2, 0.25) is 0 Å². The van der Waals surface area contributed by atoms with E-state index < -0.39 is 5.79 Å². The van der Waals surface area contributed by atoms with E-state index in [0.717, 1.165) is 24.2 Å². The molecule has 0 bridgehead atoms. The molecule has 5 heteroatoms. The summed E-state index contributed by atoms with van der Waals surface area (Å²) in [5, 5.41) is 0. The first kappa shape index (κ1) is 15.7. The molecule has 0 N–H and O–H groups in total. The molecule has 3 nitrogen and oxygen atoms in total. The molecule has 1 aromatic carbocycles. The molecule has 18 heavy (non-hydrogen) atoms. The highest BCUT2D eigenvalue weighted by Crippen LogP contribution is 2.33. The van der Waals surface area contributed by atoms with Crippen LogP contribution < -0.4 is 0 Å². The van der Waals surface area contributed by atoms with Gasteiger partial charge >= 0.3 is 0 Å². The Morgan fingerprint density at radius 3 is 2.28 bits per heavy atom. The van der Waals surface area contributed by atoms with Crippen LogP contribution in [-0.4, -0.2) is 36.6 Å². The molecule has 0 heterocycles. The fraction of sp³-hybridized carbons (Fsp3) is 0.538. The lowest BCUT2D eigenvalue weighted by molar-refractivity contribution is -0.263. The number of methoxy groups -OCH3 is 2. The number of hydrogen-bond donors (Lipinski definition) is 1. The zero-order valence-corrected chi connectivity index (χ0v) is 14.2. The van der Waals surface area contributed by atoms with E-state index >= 15 is 0 Å². The van der Waals surface area contributed by atoms with E-state index in [9.17, 15) is 0 Å². The molecule has 0 saturated heterocycles. The van der Waals surface area contributed by atoms with Crippen LogP contribution in [0.3, 0.4) is 0 Å². The van der Waals surface area contributed by atoms with Gasteiger partial charge in [0.25, 0.3) is 0 Å². The Hall–Kier alpha value is -0.333. The molecule has 0 fully saturated rings. The summed E-state index contributed by atoms with van der Waals surface area (Å²) in [6.45, 7) is 0. The molecular formula is C13H22O3SSi. The highest BCUT2D eigenvalue weighted by atomic mass is 32.1.